The quantitative estimate of drug-likeness (QED) is 0.756. The van der Waals surface area contributed by atoms with Gasteiger partial charge >= 0.3 is 11.4 Å². The third-order valence-electron chi connectivity index (χ3n) is 4.26. The maximum Gasteiger partial charge on any atom is 0.422 e. The van der Waals surface area contributed by atoms with Gasteiger partial charge in [-0.05, 0) is 62.2 Å². The van der Waals surface area contributed by atoms with E-state index in [1.165, 1.54) is 22.8 Å². The van der Waals surface area contributed by atoms with Crippen LogP contribution in [0, 0.1) is 13.8 Å². The summed E-state index contributed by atoms with van der Waals surface area (Å²) in [5.74, 6) is -0.770. The molecule has 0 bridgehead atoms. The SMILES string of the molecule is CCn1c(=O)oc(=O)c2cc(S(=O)(=O)Nc3ccc(C)c(C)c3)ccc21. The number of nitrogens with zero attached hydrogens (tertiary/aromatic N) is 1. The molecule has 26 heavy (non-hydrogen) atoms. The Bertz CT molecular complexity index is 1220. The van der Waals surface area contributed by atoms with Crippen LogP contribution in [0.25, 0.3) is 10.9 Å². The number of anilines is 1. The van der Waals surface area contributed by atoms with E-state index in [9.17, 15) is 18.0 Å². The number of aromatic nitrogens is 1. The van der Waals surface area contributed by atoms with Gasteiger partial charge in [-0.3, -0.25) is 9.29 Å². The molecule has 0 radical (unpaired) electrons. The molecule has 0 aliphatic heterocycles. The predicted octanol–water partition coefficient (Wildman–Crippen LogP) is 2.39. The van der Waals surface area contributed by atoms with Gasteiger partial charge in [-0.15, -0.1) is 0 Å². The Hall–Kier alpha value is -2.87. The van der Waals surface area contributed by atoms with E-state index in [2.05, 4.69) is 9.14 Å². The number of nitrogens with one attached hydrogen (secondary N) is 1. The minimum Gasteiger partial charge on any atom is -0.372 e. The van der Waals surface area contributed by atoms with Gasteiger partial charge in [-0.25, -0.2) is 18.0 Å². The fourth-order valence-corrected chi connectivity index (χ4v) is 3.76. The van der Waals surface area contributed by atoms with Crippen molar-refractivity contribution >= 4 is 26.6 Å². The van der Waals surface area contributed by atoms with Crippen LogP contribution < -0.4 is 16.1 Å². The molecule has 0 aliphatic rings. The van der Waals surface area contributed by atoms with E-state index >= 15 is 0 Å². The summed E-state index contributed by atoms with van der Waals surface area (Å²) in [5.41, 5.74) is 1.90. The fraction of sp³-hybridized carbons (Fsp3) is 0.222. The van der Waals surface area contributed by atoms with Crippen molar-refractivity contribution in [2.24, 2.45) is 0 Å². The molecule has 0 fully saturated rings. The standard InChI is InChI=1S/C18H18N2O5S/c1-4-20-16-8-7-14(10-15(16)17(21)25-18(20)22)26(23,24)19-13-6-5-11(2)12(3)9-13/h5-10,19H,4H2,1-3H3. The van der Waals surface area contributed by atoms with Gasteiger partial charge in [-0.1, -0.05) is 6.07 Å². The molecule has 3 rings (SSSR count). The number of hydrogen-bond donors (Lipinski definition) is 1. The van der Waals surface area contributed by atoms with Gasteiger partial charge in [0.15, 0.2) is 0 Å². The minimum absolute atomic E-state index is 0.0365. The summed E-state index contributed by atoms with van der Waals surface area (Å²) in [6.07, 6.45) is 0. The number of fused-ring (bicyclic) bond motifs is 1. The molecule has 0 amide bonds. The molecule has 0 unspecified atom stereocenters. The zero-order valence-electron chi connectivity index (χ0n) is 14.6. The summed E-state index contributed by atoms with van der Waals surface area (Å²) in [4.78, 5) is 23.6. The molecule has 0 aliphatic carbocycles. The second kappa shape index (κ2) is 6.45. The van der Waals surface area contributed by atoms with Gasteiger partial charge in [0.05, 0.1) is 15.8 Å². The third-order valence-corrected chi connectivity index (χ3v) is 5.64. The molecule has 3 aromatic rings. The van der Waals surface area contributed by atoms with Crippen LogP contribution in [0.1, 0.15) is 18.1 Å². The van der Waals surface area contributed by atoms with E-state index in [0.29, 0.717) is 17.7 Å². The van der Waals surface area contributed by atoms with Crippen LogP contribution in [0.3, 0.4) is 0 Å². The number of aryl methyl sites for hydroxylation is 3. The van der Waals surface area contributed by atoms with Gasteiger partial charge < -0.3 is 4.42 Å². The Morgan fingerprint density at radius 1 is 1.04 bits per heavy atom. The lowest BCUT2D eigenvalue weighted by atomic mass is 10.1. The van der Waals surface area contributed by atoms with Crippen molar-refractivity contribution < 1.29 is 12.8 Å². The maximum atomic E-state index is 12.7. The summed E-state index contributed by atoms with van der Waals surface area (Å²) < 4.78 is 33.8. The Balaban J connectivity index is 2.10. The van der Waals surface area contributed by atoms with Crippen LogP contribution in [-0.2, 0) is 16.6 Å². The summed E-state index contributed by atoms with van der Waals surface area (Å²) >= 11 is 0. The van der Waals surface area contributed by atoms with Crippen molar-refractivity contribution in [2.45, 2.75) is 32.2 Å². The molecular formula is C18H18N2O5S. The third kappa shape index (κ3) is 3.15. The van der Waals surface area contributed by atoms with Gasteiger partial charge in [0, 0.05) is 12.2 Å². The number of rotatable bonds is 4. The van der Waals surface area contributed by atoms with E-state index in [-0.39, 0.29) is 10.3 Å². The second-order valence-corrected chi connectivity index (χ2v) is 7.67. The molecule has 8 heteroatoms. The fourth-order valence-electron chi connectivity index (χ4n) is 2.69. The lowest BCUT2D eigenvalue weighted by Crippen LogP contribution is -2.24. The largest absolute Gasteiger partial charge is 0.422 e. The van der Waals surface area contributed by atoms with Crippen molar-refractivity contribution in [1.82, 2.24) is 4.57 Å². The molecule has 7 nitrogen and oxygen atoms in total. The second-order valence-electron chi connectivity index (χ2n) is 5.98. The van der Waals surface area contributed by atoms with E-state index in [1.54, 1.807) is 19.1 Å². The Morgan fingerprint density at radius 3 is 2.42 bits per heavy atom. The van der Waals surface area contributed by atoms with Gasteiger partial charge in [-0.2, -0.15) is 0 Å². The van der Waals surface area contributed by atoms with Gasteiger partial charge in [0.2, 0.25) is 0 Å². The number of hydrogen-bond acceptors (Lipinski definition) is 5. The highest BCUT2D eigenvalue weighted by Crippen LogP contribution is 2.21. The van der Waals surface area contributed by atoms with Crippen LogP contribution in [0.15, 0.2) is 55.3 Å². The molecule has 136 valence electrons. The predicted molar refractivity (Wildman–Crippen MR) is 99.1 cm³/mol. The Labute approximate surface area is 149 Å². The summed E-state index contributed by atoms with van der Waals surface area (Å²) in [6.45, 7) is 5.85. The zero-order chi connectivity index (χ0) is 19.1. The molecule has 0 atom stereocenters. The van der Waals surface area contributed by atoms with Crippen molar-refractivity contribution in [3.8, 4) is 0 Å². The highest BCUT2D eigenvalue weighted by molar-refractivity contribution is 7.92. The number of sulfonamides is 1. The molecular weight excluding hydrogens is 356 g/mol. The molecule has 2 aromatic carbocycles. The normalized spacial score (nSPS) is 11.7. The van der Waals surface area contributed by atoms with Crippen LogP contribution in [0.5, 0.6) is 0 Å². The van der Waals surface area contributed by atoms with Gasteiger partial charge in [0.25, 0.3) is 10.0 Å². The highest BCUT2D eigenvalue weighted by Gasteiger charge is 2.18. The smallest absolute Gasteiger partial charge is 0.372 e. The van der Waals surface area contributed by atoms with E-state index in [1.807, 2.05) is 19.9 Å². The zero-order valence-corrected chi connectivity index (χ0v) is 15.4. The highest BCUT2D eigenvalue weighted by atomic mass is 32.2. The average molecular weight is 374 g/mol. The van der Waals surface area contributed by atoms with Crippen LogP contribution in [0.4, 0.5) is 5.69 Å². The number of benzene rings is 2. The first-order chi connectivity index (χ1) is 12.2. The molecule has 1 heterocycles. The first-order valence-electron chi connectivity index (χ1n) is 8.00. The molecule has 1 N–H and O–H groups in total. The van der Waals surface area contributed by atoms with E-state index < -0.39 is 21.4 Å². The minimum atomic E-state index is -3.90. The van der Waals surface area contributed by atoms with Crippen molar-refractivity contribution in [3.05, 3.63) is 68.5 Å². The van der Waals surface area contributed by atoms with Crippen LogP contribution in [0.2, 0.25) is 0 Å². The van der Waals surface area contributed by atoms with Crippen LogP contribution >= 0.6 is 0 Å². The topological polar surface area (TPSA) is 98.4 Å². The summed E-state index contributed by atoms with van der Waals surface area (Å²) in [7, 11) is -3.90. The lowest BCUT2D eigenvalue weighted by molar-refractivity contribution is 0.421. The average Bonchev–Trinajstić information content (AvgIpc) is 2.58. The first-order valence-corrected chi connectivity index (χ1v) is 9.49. The molecule has 0 saturated heterocycles. The van der Waals surface area contributed by atoms with Gasteiger partial charge in [0.1, 0.15) is 0 Å². The monoisotopic (exact) mass is 374 g/mol. The maximum absolute atomic E-state index is 12.7. The molecule has 0 spiro atoms. The first kappa shape index (κ1) is 17.9. The summed E-state index contributed by atoms with van der Waals surface area (Å²) in [6, 6.07) is 9.24. The lowest BCUT2D eigenvalue weighted by Gasteiger charge is -2.11. The van der Waals surface area contributed by atoms with Crippen LogP contribution in [-0.4, -0.2) is 13.0 Å². The van der Waals surface area contributed by atoms with Crippen molar-refractivity contribution in [2.75, 3.05) is 4.72 Å². The van der Waals surface area contributed by atoms with Crippen molar-refractivity contribution in [1.29, 1.82) is 0 Å². The summed E-state index contributed by atoms with van der Waals surface area (Å²) in [5, 5.41) is 0.0365. The van der Waals surface area contributed by atoms with E-state index in [4.69, 9.17) is 0 Å². The Morgan fingerprint density at radius 2 is 1.77 bits per heavy atom. The Kier molecular flexibility index (Phi) is 4.45. The van der Waals surface area contributed by atoms with Crippen molar-refractivity contribution in [3.63, 3.8) is 0 Å². The van der Waals surface area contributed by atoms with E-state index in [0.717, 1.165) is 11.1 Å². The molecule has 0 saturated carbocycles. The molecule has 1 aromatic heterocycles.